The standard InChI is InChI=1S/C14H19NO2S/c1-10(14(17)15-11-6-2-3-7-11)18-13-9-5-4-8-12(13)16/h4-5,8-11,16H,2-3,6-7H2,1H3,(H,15,17). The Morgan fingerprint density at radius 2 is 2.06 bits per heavy atom. The number of para-hydroxylation sites is 1. The molecule has 1 aromatic carbocycles. The van der Waals surface area contributed by atoms with E-state index < -0.39 is 0 Å². The number of thioether (sulfide) groups is 1. The zero-order valence-corrected chi connectivity index (χ0v) is 11.4. The molecule has 1 aliphatic rings. The van der Waals surface area contributed by atoms with E-state index in [1.165, 1.54) is 24.6 Å². The molecule has 1 amide bonds. The van der Waals surface area contributed by atoms with Gasteiger partial charge in [0.1, 0.15) is 5.75 Å². The Morgan fingerprint density at radius 1 is 1.39 bits per heavy atom. The molecule has 18 heavy (non-hydrogen) atoms. The number of hydrogen-bond donors (Lipinski definition) is 2. The van der Waals surface area contributed by atoms with Gasteiger partial charge in [-0.2, -0.15) is 0 Å². The third-order valence-corrected chi connectivity index (χ3v) is 4.41. The van der Waals surface area contributed by atoms with Gasteiger partial charge in [-0.1, -0.05) is 25.0 Å². The summed E-state index contributed by atoms with van der Waals surface area (Å²) in [6, 6.07) is 7.47. The second-order valence-electron chi connectivity index (χ2n) is 4.72. The molecule has 98 valence electrons. The number of amides is 1. The molecule has 0 aromatic heterocycles. The second kappa shape index (κ2) is 6.14. The van der Waals surface area contributed by atoms with E-state index in [2.05, 4.69) is 5.32 Å². The highest BCUT2D eigenvalue weighted by Gasteiger charge is 2.21. The third kappa shape index (κ3) is 3.42. The van der Waals surface area contributed by atoms with Crippen molar-refractivity contribution >= 4 is 17.7 Å². The summed E-state index contributed by atoms with van der Waals surface area (Å²) in [5, 5.41) is 12.6. The maximum absolute atomic E-state index is 12.0. The van der Waals surface area contributed by atoms with Crippen molar-refractivity contribution in [2.75, 3.05) is 0 Å². The van der Waals surface area contributed by atoms with Crippen LogP contribution in [-0.4, -0.2) is 22.3 Å². The number of benzene rings is 1. The molecule has 1 aromatic rings. The summed E-state index contributed by atoms with van der Waals surface area (Å²) in [4.78, 5) is 12.8. The monoisotopic (exact) mass is 265 g/mol. The van der Waals surface area contributed by atoms with Crippen molar-refractivity contribution in [3.8, 4) is 5.75 Å². The molecular weight excluding hydrogens is 246 g/mol. The van der Waals surface area contributed by atoms with E-state index in [1.807, 2.05) is 19.1 Å². The van der Waals surface area contributed by atoms with Crippen LogP contribution in [-0.2, 0) is 4.79 Å². The fourth-order valence-corrected chi connectivity index (χ4v) is 3.09. The Morgan fingerprint density at radius 3 is 2.72 bits per heavy atom. The third-order valence-electron chi connectivity index (χ3n) is 3.24. The fourth-order valence-electron chi connectivity index (χ4n) is 2.19. The van der Waals surface area contributed by atoms with Gasteiger partial charge >= 0.3 is 0 Å². The minimum Gasteiger partial charge on any atom is -0.507 e. The molecule has 1 saturated carbocycles. The Bertz CT molecular complexity index is 416. The highest BCUT2D eigenvalue weighted by atomic mass is 32.2. The fraction of sp³-hybridized carbons (Fsp3) is 0.500. The van der Waals surface area contributed by atoms with Gasteiger partial charge in [0.15, 0.2) is 0 Å². The van der Waals surface area contributed by atoms with E-state index in [-0.39, 0.29) is 16.9 Å². The van der Waals surface area contributed by atoms with Gasteiger partial charge in [0.25, 0.3) is 0 Å². The Kier molecular flexibility index (Phi) is 4.53. The van der Waals surface area contributed by atoms with E-state index in [4.69, 9.17) is 0 Å². The normalized spacial score (nSPS) is 17.6. The molecule has 3 nitrogen and oxygen atoms in total. The lowest BCUT2D eigenvalue weighted by atomic mass is 10.2. The molecule has 0 aliphatic heterocycles. The van der Waals surface area contributed by atoms with Crippen LogP contribution in [0.5, 0.6) is 5.75 Å². The van der Waals surface area contributed by atoms with Crippen molar-refractivity contribution in [1.29, 1.82) is 0 Å². The number of phenols is 1. The predicted octanol–water partition coefficient (Wildman–Crippen LogP) is 2.93. The SMILES string of the molecule is CC(Sc1ccccc1O)C(=O)NC1CCCC1. The molecule has 1 unspecified atom stereocenters. The van der Waals surface area contributed by atoms with Crippen molar-refractivity contribution in [3.63, 3.8) is 0 Å². The first-order valence-corrected chi connectivity index (χ1v) is 7.30. The summed E-state index contributed by atoms with van der Waals surface area (Å²) in [5.74, 6) is 0.304. The molecule has 2 rings (SSSR count). The number of carbonyl (C=O) groups is 1. The van der Waals surface area contributed by atoms with Gasteiger partial charge in [-0.05, 0) is 31.9 Å². The van der Waals surface area contributed by atoms with Crippen LogP contribution < -0.4 is 5.32 Å². The van der Waals surface area contributed by atoms with Gasteiger partial charge in [-0.15, -0.1) is 11.8 Å². The molecule has 0 saturated heterocycles. The van der Waals surface area contributed by atoms with Crippen LogP contribution in [0.25, 0.3) is 0 Å². The van der Waals surface area contributed by atoms with Crippen molar-refractivity contribution in [1.82, 2.24) is 5.32 Å². The lowest BCUT2D eigenvalue weighted by Crippen LogP contribution is -2.37. The van der Waals surface area contributed by atoms with Crippen molar-refractivity contribution < 1.29 is 9.90 Å². The van der Waals surface area contributed by atoms with E-state index in [9.17, 15) is 9.90 Å². The van der Waals surface area contributed by atoms with Gasteiger partial charge < -0.3 is 10.4 Å². The number of carbonyl (C=O) groups excluding carboxylic acids is 1. The second-order valence-corrected chi connectivity index (χ2v) is 6.10. The Labute approximate surface area is 112 Å². The number of nitrogens with one attached hydrogen (secondary N) is 1. The van der Waals surface area contributed by atoms with Gasteiger partial charge in [-0.25, -0.2) is 0 Å². The zero-order chi connectivity index (χ0) is 13.0. The van der Waals surface area contributed by atoms with Gasteiger partial charge in [0.2, 0.25) is 5.91 Å². The first kappa shape index (κ1) is 13.3. The first-order valence-electron chi connectivity index (χ1n) is 6.42. The van der Waals surface area contributed by atoms with Crippen LogP contribution in [0.4, 0.5) is 0 Å². The van der Waals surface area contributed by atoms with E-state index >= 15 is 0 Å². The van der Waals surface area contributed by atoms with Crippen LogP contribution >= 0.6 is 11.8 Å². The summed E-state index contributed by atoms with van der Waals surface area (Å²) >= 11 is 1.40. The number of phenolic OH excluding ortho intramolecular Hbond substituents is 1. The van der Waals surface area contributed by atoms with Gasteiger partial charge in [0, 0.05) is 10.9 Å². The van der Waals surface area contributed by atoms with Crippen LogP contribution in [0, 0.1) is 0 Å². The number of aromatic hydroxyl groups is 1. The van der Waals surface area contributed by atoms with E-state index in [0.717, 1.165) is 17.7 Å². The summed E-state index contributed by atoms with van der Waals surface area (Å²) in [6.07, 6.45) is 4.62. The van der Waals surface area contributed by atoms with E-state index in [1.54, 1.807) is 12.1 Å². The highest BCUT2D eigenvalue weighted by Crippen LogP contribution is 2.31. The summed E-state index contributed by atoms with van der Waals surface area (Å²) < 4.78 is 0. The predicted molar refractivity (Wildman–Crippen MR) is 73.8 cm³/mol. The molecule has 4 heteroatoms. The Balaban J connectivity index is 1.89. The van der Waals surface area contributed by atoms with Crippen LogP contribution in [0.1, 0.15) is 32.6 Å². The minimum atomic E-state index is -0.182. The zero-order valence-electron chi connectivity index (χ0n) is 10.6. The average molecular weight is 265 g/mol. The lowest BCUT2D eigenvalue weighted by molar-refractivity contribution is -0.120. The van der Waals surface area contributed by atoms with Crippen molar-refractivity contribution in [2.24, 2.45) is 0 Å². The quantitative estimate of drug-likeness (QED) is 0.823. The van der Waals surface area contributed by atoms with Crippen LogP contribution in [0.3, 0.4) is 0 Å². The maximum Gasteiger partial charge on any atom is 0.233 e. The molecule has 0 radical (unpaired) electrons. The number of rotatable bonds is 4. The Hall–Kier alpha value is -1.16. The smallest absolute Gasteiger partial charge is 0.233 e. The van der Waals surface area contributed by atoms with Crippen molar-refractivity contribution in [2.45, 2.75) is 48.8 Å². The molecular formula is C14H19NO2S. The maximum atomic E-state index is 12.0. The molecule has 2 N–H and O–H groups in total. The van der Waals surface area contributed by atoms with Gasteiger partial charge in [-0.3, -0.25) is 4.79 Å². The molecule has 0 spiro atoms. The van der Waals surface area contributed by atoms with Crippen molar-refractivity contribution in [3.05, 3.63) is 24.3 Å². The lowest BCUT2D eigenvalue weighted by Gasteiger charge is -2.16. The largest absolute Gasteiger partial charge is 0.507 e. The van der Waals surface area contributed by atoms with Crippen LogP contribution in [0.2, 0.25) is 0 Å². The minimum absolute atomic E-state index is 0.0650. The molecule has 1 aliphatic carbocycles. The average Bonchev–Trinajstić information content (AvgIpc) is 2.84. The first-order chi connectivity index (χ1) is 8.66. The summed E-state index contributed by atoms with van der Waals surface area (Å²) in [7, 11) is 0. The van der Waals surface area contributed by atoms with Gasteiger partial charge in [0.05, 0.1) is 5.25 Å². The summed E-state index contributed by atoms with van der Waals surface area (Å²) in [6.45, 7) is 1.88. The molecule has 0 heterocycles. The summed E-state index contributed by atoms with van der Waals surface area (Å²) in [5.41, 5.74) is 0. The number of hydrogen-bond acceptors (Lipinski definition) is 3. The molecule has 1 atom stereocenters. The highest BCUT2D eigenvalue weighted by molar-refractivity contribution is 8.00. The molecule has 1 fully saturated rings. The topological polar surface area (TPSA) is 49.3 Å². The van der Waals surface area contributed by atoms with Crippen LogP contribution in [0.15, 0.2) is 29.2 Å². The molecule has 0 bridgehead atoms. The van der Waals surface area contributed by atoms with E-state index in [0.29, 0.717) is 6.04 Å².